The number of para-hydroxylation sites is 4. The van der Waals surface area contributed by atoms with Crippen molar-refractivity contribution in [2.24, 2.45) is 0 Å². The number of nitrogens with zero attached hydrogens (tertiary/aromatic N) is 5. The zero-order valence-corrected chi connectivity index (χ0v) is 18.5. The molecule has 158 valence electrons. The third-order valence-corrected chi connectivity index (χ3v) is 6.30. The van der Waals surface area contributed by atoms with Crippen LogP contribution in [-0.2, 0) is 16.1 Å². The van der Waals surface area contributed by atoms with Gasteiger partial charge in [0.15, 0.2) is 10.9 Å². The fraction of sp³-hybridized carbons (Fsp3) is 0.261. The number of thioether (sulfide) groups is 1. The van der Waals surface area contributed by atoms with Crippen molar-refractivity contribution in [1.29, 1.82) is 5.26 Å². The lowest BCUT2D eigenvalue weighted by Crippen LogP contribution is -2.26. The van der Waals surface area contributed by atoms with Gasteiger partial charge in [-0.3, -0.25) is 4.79 Å². The predicted molar refractivity (Wildman–Crippen MR) is 123 cm³/mol. The zero-order chi connectivity index (χ0) is 22.0. The lowest BCUT2D eigenvalue weighted by Gasteiger charge is -2.19. The number of ketones is 1. The number of carbonyl (C=O) groups is 1. The van der Waals surface area contributed by atoms with Crippen LogP contribution in [0.2, 0.25) is 0 Å². The average molecular weight is 434 g/mol. The Balaban J connectivity index is 1.60. The molecule has 0 radical (unpaired) electrons. The number of benzene rings is 2. The molecule has 0 spiro atoms. The smallest absolute Gasteiger partial charge is 0.187 e. The van der Waals surface area contributed by atoms with Crippen molar-refractivity contribution >= 4 is 40.0 Å². The van der Waals surface area contributed by atoms with Crippen molar-refractivity contribution < 1.29 is 9.53 Å². The average Bonchev–Trinajstić information content (AvgIpc) is 3.27. The van der Waals surface area contributed by atoms with Crippen LogP contribution in [0.1, 0.15) is 0 Å². The molecule has 0 unspecified atom stereocenters. The standard InChI is InChI=1S/C23H23N5O2S/c1-26-19-10-6-7-11-20(19)27(2)22(26)16(14-24)21(29)15-31-23-25-17-8-4-5-9-18(17)28(23)12-13-30-3/h4-11H,12-13,15H2,1-3H3. The molecule has 0 bridgehead atoms. The number of ether oxygens (including phenoxy) is 1. The number of hydrogen-bond donors (Lipinski definition) is 0. The molecule has 0 atom stereocenters. The number of rotatable bonds is 7. The topological polar surface area (TPSA) is 74.4 Å². The molecule has 0 fully saturated rings. The summed E-state index contributed by atoms with van der Waals surface area (Å²) in [4.78, 5) is 21.6. The largest absolute Gasteiger partial charge is 0.383 e. The van der Waals surface area contributed by atoms with Crippen molar-refractivity contribution in [3.05, 3.63) is 59.9 Å². The van der Waals surface area contributed by atoms with Gasteiger partial charge in [-0.2, -0.15) is 5.26 Å². The minimum atomic E-state index is -0.223. The summed E-state index contributed by atoms with van der Waals surface area (Å²) in [6.45, 7) is 1.18. The molecule has 0 saturated heterocycles. The summed E-state index contributed by atoms with van der Waals surface area (Å²) in [5, 5.41) is 10.6. The molecule has 1 aromatic heterocycles. The van der Waals surface area contributed by atoms with Crippen LogP contribution in [0.15, 0.2) is 65.1 Å². The maximum atomic E-state index is 13.1. The molecule has 0 saturated carbocycles. The third kappa shape index (κ3) is 3.78. The van der Waals surface area contributed by atoms with E-state index >= 15 is 0 Å². The van der Waals surface area contributed by atoms with Gasteiger partial charge in [0.05, 0.1) is 34.8 Å². The molecule has 1 aliphatic heterocycles. The molecule has 0 amide bonds. The van der Waals surface area contributed by atoms with Crippen molar-refractivity contribution in [3.8, 4) is 6.07 Å². The quantitative estimate of drug-likeness (QED) is 0.320. The van der Waals surface area contributed by atoms with Gasteiger partial charge < -0.3 is 19.1 Å². The molecular formula is C23H23N5O2S. The highest BCUT2D eigenvalue weighted by molar-refractivity contribution is 7.99. The first-order valence-electron chi connectivity index (χ1n) is 9.88. The second-order valence-electron chi connectivity index (χ2n) is 7.16. The van der Waals surface area contributed by atoms with E-state index in [0.717, 1.165) is 27.6 Å². The first kappa shape index (κ1) is 21.0. The van der Waals surface area contributed by atoms with Gasteiger partial charge in [0.2, 0.25) is 0 Å². The van der Waals surface area contributed by atoms with Gasteiger partial charge in [-0.25, -0.2) is 4.98 Å². The number of fused-ring (bicyclic) bond motifs is 2. The fourth-order valence-corrected chi connectivity index (χ4v) is 4.73. The maximum Gasteiger partial charge on any atom is 0.187 e. The number of imidazole rings is 1. The van der Waals surface area contributed by atoms with E-state index in [1.807, 2.05) is 72.4 Å². The second kappa shape index (κ2) is 8.84. The summed E-state index contributed by atoms with van der Waals surface area (Å²) in [6.07, 6.45) is 0. The van der Waals surface area contributed by atoms with Crippen LogP contribution in [0.5, 0.6) is 0 Å². The van der Waals surface area contributed by atoms with E-state index < -0.39 is 0 Å². The number of hydrogen-bond acceptors (Lipinski definition) is 7. The van der Waals surface area contributed by atoms with Crippen LogP contribution in [0.3, 0.4) is 0 Å². The van der Waals surface area contributed by atoms with Crippen LogP contribution in [0, 0.1) is 11.3 Å². The molecule has 2 heterocycles. The van der Waals surface area contributed by atoms with E-state index in [0.29, 0.717) is 19.0 Å². The molecule has 0 aliphatic carbocycles. The Kier molecular flexibility index (Phi) is 5.98. The zero-order valence-electron chi connectivity index (χ0n) is 17.7. The summed E-state index contributed by atoms with van der Waals surface area (Å²) >= 11 is 1.34. The summed E-state index contributed by atoms with van der Waals surface area (Å²) in [5.41, 5.74) is 3.95. The Morgan fingerprint density at radius 1 is 1.10 bits per heavy atom. The van der Waals surface area contributed by atoms with E-state index in [9.17, 15) is 10.1 Å². The molecule has 8 heteroatoms. The van der Waals surface area contributed by atoms with Crippen LogP contribution in [-0.4, -0.2) is 48.9 Å². The molecule has 31 heavy (non-hydrogen) atoms. The van der Waals surface area contributed by atoms with E-state index in [1.165, 1.54) is 11.8 Å². The summed E-state index contributed by atoms with van der Waals surface area (Å²) < 4.78 is 7.29. The van der Waals surface area contributed by atoms with E-state index in [-0.39, 0.29) is 17.1 Å². The summed E-state index contributed by atoms with van der Waals surface area (Å²) in [5.74, 6) is 0.502. The predicted octanol–water partition coefficient (Wildman–Crippen LogP) is 3.67. The third-order valence-electron chi connectivity index (χ3n) is 5.33. The van der Waals surface area contributed by atoms with Gasteiger partial charge >= 0.3 is 0 Å². The number of methoxy groups -OCH3 is 1. The Morgan fingerprint density at radius 2 is 1.74 bits per heavy atom. The van der Waals surface area contributed by atoms with E-state index in [4.69, 9.17) is 4.74 Å². The lowest BCUT2D eigenvalue weighted by molar-refractivity contribution is -0.112. The highest BCUT2D eigenvalue weighted by Crippen LogP contribution is 2.40. The maximum absolute atomic E-state index is 13.1. The first-order chi connectivity index (χ1) is 15.1. The van der Waals surface area contributed by atoms with E-state index in [1.54, 1.807) is 7.11 Å². The van der Waals surface area contributed by atoms with Crippen LogP contribution < -0.4 is 9.80 Å². The number of aromatic nitrogens is 2. The minimum absolute atomic E-state index is 0.126. The molecule has 2 aromatic carbocycles. The highest BCUT2D eigenvalue weighted by Gasteiger charge is 2.31. The SMILES string of the molecule is COCCn1c(SCC(=O)C(C#N)=C2N(C)c3ccccc3N2C)nc2ccccc21. The van der Waals surface area contributed by atoms with Crippen LogP contribution in [0.25, 0.3) is 11.0 Å². The van der Waals surface area contributed by atoms with Crippen molar-refractivity contribution in [3.63, 3.8) is 0 Å². The molecule has 7 nitrogen and oxygen atoms in total. The Bertz CT molecular complexity index is 1180. The van der Waals surface area contributed by atoms with Gasteiger partial charge in [-0.1, -0.05) is 36.0 Å². The van der Waals surface area contributed by atoms with Gasteiger partial charge in [0, 0.05) is 27.7 Å². The first-order valence-corrected chi connectivity index (χ1v) is 10.9. The Hall–Kier alpha value is -3.28. The van der Waals surface area contributed by atoms with Gasteiger partial charge in [-0.05, 0) is 24.3 Å². The Morgan fingerprint density at radius 3 is 2.39 bits per heavy atom. The monoisotopic (exact) mass is 433 g/mol. The van der Waals surface area contributed by atoms with Crippen LogP contribution >= 0.6 is 11.8 Å². The molecule has 3 aromatic rings. The summed E-state index contributed by atoms with van der Waals surface area (Å²) in [7, 11) is 5.41. The van der Waals surface area contributed by atoms with Crippen LogP contribution in [0.4, 0.5) is 11.4 Å². The molecule has 4 rings (SSSR count). The normalized spacial score (nSPS) is 12.9. The van der Waals surface area contributed by atoms with Gasteiger partial charge in [0.25, 0.3) is 0 Å². The number of Topliss-reactive ketones (excluding diaryl/α,β-unsaturated/α-hetero) is 1. The Labute approximate surface area is 185 Å². The van der Waals surface area contributed by atoms with Crippen molar-refractivity contribution in [2.75, 3.05) is 43.4 Å². The number of carbonyl (C=O) groups excluding carboxylic acids is 1. The van der Waals surface area contributed by atoms with Crippen molar-refractivity contribution in [2.45, 2.75) is 11.7 Å². The number of allylic oxidation sites excluding steroid dienone is 1. The van der Waals surface area contributed by atoms with E-state index in [2.05, 4.69) is 15.6 Å². The van der Waals surface area contributed by atoms with Gasteiger partial charge in [0.1, 0.15) is 17.5 Å². The minimum Gasteiger partial charge on any atom is -0.383 e. The highest BCUT2D eigenvalue weighted by atomic mass is 32.2. The fourth-order valence-electron chi connectivity index (χ4n) is 3.82. The number of anilines is 2. The summed E-state index contributed by atoms with van der Waals surface area (Å²) in [6, 6.07) is 17.8. The molecular weight excluding hydrogens is 410 g/mol. The molecule has 0 N–H and O–H groups in total. The van der Waals surface area contributed by atoms with Gasteiger partial charge in [-0.15, -0.1) is 0 Å². The lowest BCUT2D eigenvalue weighted by atomic mass is 10.2. The molecule has 1 aliphatic rings. The second-order valence-corrected chi connectivity index (χ2v) is 8.10. The number of nitriles is 1. The van der Waals surface area contributed by atoms with Crippen molar-refractivity contribution in [1.82, 2.24) is 9.55 Å².